The minimum absolute atomic E-state index is 0.184. The first-order chi connectivity index (χ1) is 6.25. The maximum absolute atomic E-state index is 11.1. The average Bonchev–Trinajstić information content (AvgIpc) is 2.53. The Morgan fingerprint density at radius 3 is 2.69 bits per heavy atom. The molecule has 0 bridgehead atoms. The summed E-state index contributed by atoms with van der Waals surface area (Å²) in [6.45, 7) is 1.75. The standard InChI is InChI=1S/C7H7N5O/c1-5-2-6(13)11-7(10-5)12-3-8-9-4-12/h2-4H,1H3,(H,10,11,13). The second-order valence-electron chi connectivity index (χ2n) is 2.58. The molecule has 0 saturated heterocycles. The molecule has 0 radical (unpaired) electrons. The molecule has 2 heterocycles. The maximum atomic E-state index is 11.1. The smallest absolute Gasteiger partial charge is 0.252 e. The van der Waals surface area contributed by atoms with Crippen LogP contribution in [0, 0.1) is 6.92 Å². The number of rotatable bonds is 1. The fourth-order valence-electron chi connectivity index (χ4n) is 0.996. The van der Waals surface area contributed by atoms with Crippen LogP contribution in [0.3, 0.4) is 0 Å². The van der Waals surface area contributed by atoms with Gasteiger partial charge in [-0.25, -0.2) is 4.98 Å². The van der Waals surface area contributed by atoms with E-state index in [1.807, 2.05) is 0 Å². The molecule has 0 aliphatic carbocycles. The molecule has 0 atom stereocenters. The lowest BCUT2D eigenvalue weighted by Crippen LogP contribution is -2.12. The fraction of sp³-hybridized carbons (Fsp3) is 0.143. The Balaban J connectivity index is 2.59. The second-order valence-corrected chi connectivity index (χ2v) is 2.58. The van der Waals surface area contributed by atoms with E-state index in [1.54, 1.807) is 6.92 Å². The van der Waals surface area contributed by atoms with E-state index in [-0.39, 0.29) is 5.56 Å². The summed E-state index contributed by atoms with van der Waals surface area (Å²) in [6.07, 6.45) is 2.94. The van der Waals surface area contributed by atoms with Crippen molar-refractivity contribution in [3.05, 3.63) is 34.8 Å². The first-order valence-electron chi connectivity index (χ1n) is 3.69. The molecule has 1 N–H and O–H groups in total. The predicted octanol–water partition coefficient (Wildman–Crippen LogP) is -0.341. The van der Waals surface area contributed by atoms with Crippen molar-refractivity contribution in [3.8, 4) is 5.95 Å². The molecule has 6 nitrogen and oxygen atoms in total. The molecule has 0 saturated carbocycles. The third-order valence-corrected chi connectivity index (χ3v) is 1.52. The van der Waals surface area contributed by atoms with Gasteiger partial charge in [0.05, 0.1) is 0 Å². The highest BCUT2D eigenvalue weighted by molar-refractivity contribution is 5.12. The van der Waals surface area contributed by atoms with Gasteiger partial charge < -0.3 is 0 Å². The van der Waals surface area contributed by atoms with Crippen LogP contribution in [-0.4, -0.2) is 24.7 Å². The third-order valence-electron chi connectivity index (χ3n) is 1.52. The second kappa shape index (κ2) is 2.81. The largest absolute Gasteiger partial charge is 0.292 e. The van der Waals surface area contributed by atoms with Gasteiger partial charge in [0.1, 0.15) is 12.7 Å². The Hall–Kier alpha value is -1.98. The van der Waals surface area contributed by atoms with Crippen LogP contribution in [0.5, 0.6) is 0 Å². The number of nitrogens with zero attached hydrogens (tertiary/aromatic N) is 4. The van der Waals surface area contributed by atoms with Crippen LogP contribution in [0.15, 0.2) is 23.5 Å². The van der Waals surface area contributed by atoms with E-state index < -0.39 is 0 Å². The summed E-state index contributed by atoms with van der Waals surface area (Å²) in [6, 6.07) is 1.42. The Morgan fingerprint density at radius 2 is 2.08 bits per heavy atom. The van der Waals surface area contributed by atoms with Crippen LogP contribution in [0.1, 0.15) is 5.69 Å². The van der Waals surface area contributed by atoms with Gasteiger partial charge in [0.15, 0.2) is 0 Å². The lowest BCUT2D eigenvalue weighted by atomic mass is 10.4. The summed E-state index contributed by atoms with van der Waals surface area (Å²) in [5, 5.41) is 7.22. The highest BCUT2D eigenvalue weighted by atomic mass is 16.1. The van der Waals surface area contributed by atoms with Crippen molar-refractivity contribution >= 4 is 0 Å². The van der Waals surface area contributed by atoms with Gasteiger partial charge in [-0.3, -0.25) is 14.3 Å². The molecule has 0 aliphatic rings. The summed E-state index contributed by atoms with van der Waals surface area (Å²) >= 11 is 0. The first kappa shape index (κ1) is 7.66. The summed E-state index contributed by atoms with van der Waals surface area (Å²) in [5.74, 6) is 0.426. The molecule has 6 heteroatoms. The van der Waals surface area contributed by atoms with Crippen molar-refractivity contribution in [2.24, 2.45) is 0 Å². The van der Waals surface area contributed by atoms with Gasteiger partial charge in [-0.15, -0.1) is 10.2 Å². The van der Waals surface area contributed by atoms with Gasteiger partial charge in [0, 0.05) is 11.8 Å². The first-order valence-corrected chi connectivity index (χ1v) is 3.69. The van der Waals surface area contributed by atoms with Crippen molar-refractivity contribution in [2.45, 2.75) is 6.92 Å². The number of nitrogens with one attached hydrogen (secondary N) is 1. The lowest BCUT2D eigenvalue weighted by molar-refractivity contribution is 0.893. The Labute approximate surface area is 73.3 Å². The number of hydrogen-bond donors (Lipinski definition) is 1. The van der Waals surface area contributed by atoms with E-state index in [1.165, 1.54) is 23.3 Å². The van der Waals surface area contributed by atoms with Crippen LogP contribution in [-0.2, 0) is 0 Å². The predicted molar refractivity (Wildman–Crippen MR) is 44.5 cm³/mol. The normalized spacial score (nSPS) is 10.2. The van der Waals surface area contributed by atoms with Gasteiger partial charge in [0.2, 0.25) is 5.95 Å². The van der Waals surface area contributed by atoms with Crippen LogP contribution in [0.25, 0.3) is 5.95 Å². The number of H-pyrrole nitrogens is 1. The molecule has 0 fully saturated rings. The van der Waals surface area contributed by atoms with Crippen molar-refractivity contribution in [2.75, 3.05) is 0 Å². The summed E-state index contributed by atoms with van der Waals surface area (Å²) < 4.78 is 1.54. The van der Waals surface area contributed by atoms with Gasteiger partial charge in [-0.1, -0.05) is 0 Å². The molecule has 2 aromatic heterocycles. The minimum Gasteiger partial charge on any atom is -0.292 e. The van der Waals surface area contributed by atoms with Gasteiger partial charge in [-0.05, 0) is 6.92 Å². The number of aryl methyl sites for hydroxylation is 1. The third kappa shape index (κ3) is 1.46. The summed E-state index contributed by atoms with van der Waals surface area (Å²) in [4.78, 5) is 17.7. The average molecular weight is 177 g/mol. The van der Waals surface area contributed by atoms with E-state index in [9.17, 15) is 4.79 Å². The molecular formula is C7H7N5O. The number of aromatic nitrogens is 5. The van der Waals surface area contributed by atoms with Crippen molar-refractivity contribution < 1.29 is 0 Å². The van der Waals surface area contributed by atoms with E-state index in [0.29, 0.717) is 11.6 Å². The van der Waals surface area contributed by atoms with Crippen molar-refractivity contribution in [3.63, 3.8) is 0 Å². The Bertz CT molecular complexity index is 458. The molecule has 2 aromatic rings. The molecule has 0 amide bonds. The SMILES string of the molecule is Cc1cc(=O)[nH]c(-n2cnnc2)n1. The zero-order valence-corrected chi connectivity index (χ0v) is 6.93. The zero-order valence-electron chi connectivity index (χ0n) is 6.93. The van der Waals surface area contributed by atoms with Crippen molar-refractivity contribution in [1.29, 1.82) is 0 Å². The molecule has 0 unspecified atom stereocenters. The van der Waals surface area contributed by atoms with Crippen LogP contribution in [0.2, 0.25) is 0 Å². The Morgan fingerprint density at radius 1 is 1.38 bits per heavy atom. The van der Waals surface area contributed by atoms with E-state index >= 15 is 0 Å². The summed E-state index contributed by atoms with van der Waals surface area (Å²) in [5.41, 5.74) is 0.476. The van der Waals surface area contributed by atoms with Crippen molar-refractivity contribution in [1.82, 2.24) is 24.7 Å². The molecule has 0 aliphatic heterocycles. The molecule has 0 aromatic carbocycles. The zero-order chi connectivity index (χ0) is 9.26. The molecule has 66 valence electrons. The quantitative estimate of drug-likeness (QED) is 0.646. The Kier molecular flexibility index (Phi) is 1.66. The van der Waals surface area contributed by atoms with Gasteiger partial charge in [0.25, 0.3) is 5.56 Å². The van der Waals surface area contributed by atoms with E-state index in [4.69, 9.17) is 0 Å². The topological polar surface area (TPSA) is 76.5 Å². The highest BCUT2D eigenvalue weighted by Gasteiger charge is 1.99. The fourth-order valence-corrected chi connectivity index (χ4v) is 0.996. The van der Waals surface area contributed by atoms with Crippen LogP contribution < -0.4 is 5.56 Å². The highest BCUT2D eigenvalue weighted by Crippen LogP contribution is 1.95. The molecule has 2 rings (SSSR count). The van der Waals surface area contributed by atoms with Crippen LogP contribution in [0.4, 0.5) is 0 Å². The van der Waals surface area contributed by atoms with E-state index in [0.717, 1.165) is 0 Å². The van der Waals surface area contributed by atoms with Gasteiger partial charge >= 0.3 is 0 Å². The molecular weight excluding hydrogens is 170 g/mol. The number of hydrogen-bond acceptors (Lipinski definition) is 4. The molecule has 0 spiro atoms. The minimum atomic E-state index is -0.184. The lowest BCUT2D eigenvalue weighted by Gasteiger charge is -1.99. The number of aromatic amines is 1. The molecule has 13 heavy (non-hydrogen) atoms. The van der Waals surface area contributed by atoms with Gasteiger partial charge in [-0.2, -0.15) is 0 Å². The summed E-state index contributed by atoms with van der Waals surface area (Å²) in [7, 11) is 0. The monoisotopic (exact) mass is 177 g/mol. The maximum Gasteiger partial charge on any atom is 0.252 e. The van der Waals surface area contributed by atoms with Crippen LogP contribution >= 0.6 is 0 Å². The van der Waals surface area contributed by atoms with E-state index in [2.05, 4.69) is 20.2 Å².